The number of carbonyl (C=O) groups is 1. The van der Waals surface area contributed by atoms with Gasteiger partial charge in [0.2, 0.25) is 5.82 Å². The number of amides is 1. The van der Waals surface area contributed by atoms with Gasteiger partial charge in [0.05, 0.1) is 15.3 Å². The summed E-state index contributed by atoms with van der Waals surface area (Å²) in [5.41, 5.74) is -0.639. The Morgan fingerprint density at radius 2 is 2.18 bits per heavy atom. The molecule has 22 heavy (non-hydrogen) atoms. The van der Waals surface area contributed by atoms with Gasteiger partial charge in [-0.1, -0.05) is 0 Å². The first-order chi connectivity index (χ1) is 10.5. The molecular weight excluding hydrogens is 379 g/mol. The van der Waals surface area contributed by atoms with Crippen molar-refractivity contribution in [3.63, 3.8) is 0 Å². The van der Waals surface area contributed by atoms with Crippen LogP contribution in [0, 0.1) is 15.9 Å². The highest BCUT2D eigenvalue weighted by Crippen LogP contribution is 2.23. The summed E-state index contributed by atoms with van der Waals surface area (Å²) in [6, 6.07) is 6.86. The van der Waals surface area contributed by atoms with E-state index >= 15 is 0 Å². The van der Waals surface area contributed by atoms with Gasteiger partial charge in [-0.3, -0.25) is 14.9 Å². The molecule has 1 aromatic heterocycles. The van der Waals surface area contributed by atoms with Crippen molar-refractivity contribution in [1.29, 1.82) is 0 Å². The first kappa shape index (κ1) is 16.4. The first-order valence-corrected chi connectivity index (χ1v) is 7.64. The monoisotopic (exact) mass is 388 g/mol. The molecule has 1 aromatic carbocycles. The van der Waals surface area contributed by atoms with E-state index in [1.807, 2.05) is 12.1 Å². The number of halogens is 2. The Bertz CT molecular complexity index is 707. The van der Waals surface area contributed by atoms with Gasteiger partial charge < -0.3 is 10.1 Å². The number of rotatable bonds is 6. The molecule has 2 aromatic rings. The second kappa shape index (κ2) is 7.32. The van der Waals surface area contributed by atoms with Gasteiger partial charge in [0, 0.05) is 17.0 Å². The van der Waals surface area contributed by atoms with Crippen LogP contribution in [0.15, 0.2) is 34.1 Å². The van der Waals surface area contributed by atoms with Crippen LogP contribution in [0.1, 0.15) is 4.88 Å². The third kappa shape index (κ3) is 4.50. The standard InChI is InChI=1S/C13H10BrFN2O4S/c14-12-4-2-9(22-12)6-16-13(18)7-21-8-1-3-11(17(19)20)10(15)5-8/h1-5H,6-7H2,(H,16,18). The lowest BCUT2D eigenvalue weighted by molar-refractivity contribution is -0.387. The second-order valence-electron chi connectivity index (χ2n) is 4.14. The minimum atomic E-state index is -1.01. The minimum absolute atomic E-state index is 0.0529. The van der Waals surface area contributed by atoms with Crippen LogP contribution in [0.5, 0.6) is 5.75 Å². The predicted molar refractivity (Wildman–Crippen MR) is 82.4 cm³/mol. The van der Waals surface area contributed by atoms with Crippen LogP contribution in [0.4, 0.5) is 10.1 Å². The number of carbonyl (C=O) groups excluding carboxylic acids is 1. The lowest BCUT2D eigenvalue weighted by atomic mass is 10.3. The van der Waals surface area contributed by atoms with Crippen molar-refractivity contribution in [2.75, 3.05) is 6.61 Å². The molecule has 116 valence electrons. The highest BCUT2D eigenvalue weighted by atomic mass is 79.9. The van der Waals surface area contributed by atoms with Crippen molar-refractivity contribution in [1.82, 2.24) is 5.32 Å². The summed E-state index contributed by atoms with van der Waals surface area (Å²) < 4.78 is 19.4. The third-order valence-electron chi connectivity index (χ3n) is 2.57. The topological polar surface area (TPSA) is 81.5 Å². The zero-order valence-corrected chi connectivity index (χ0v) is 13.4. The largest absolute Gasteiger partial charge is 0.484 e. The summed E-state index contributed by atoms with van der Waals surface area (Å²) in [4.78, 5) is 22.2. The van der Waals surface area contributed by atoms with E-state index in [9.17, 15) is 19.3 Å². The maximum Gasteiger partial charge on any atom is 0.305 e. The number of benzene rings is 1. The Balaban J connectivity index is 1.83. The van der Waals surface area contributed by atoms with Crippen molar-refractivity contribution >= 4 is 38.9 Å². The van der Waals surface area contributed by atoms with Gasteiger partial charge in [-0.25, -0.2) is 0 Å². The zero-order valence-electron chi connectivity index (χ0n) is 11.0. The Morgan fingerprint density at radius 1 is 1.41 bits per heavy atom. The van der Waals surface area contributed by atoms with Gasteiger partial charge in [0.1, 0.15) is 5.75 Å². The van der Waals surface area contributed by atoms with Gasteiger partial charge >= 0.3 is 5.69 Å². The molecule has 0 aliphatic carbocycles. The van der Waals surface area contributed by atoms with Crippen molar-refractivity contribution in [3.05, 3.63) is 54.9 Å². The fourth-order valence-electron chi connectivity index (χ4n) is 1.56. The number of hydrogen-bond acceptors (Lipinski definition) is 5. The Morgan fingerprint density at radius 3 is 2.77 bits per heavy atom. The number of nitrogens with one attached hydrogen (secondary N) is 1. The van der Waals surface area contributed by atoms with Gasteiger partial charge in [0.25, 0.3) is 5.91 Å². The maximum atomic E-state index is 13.4. The van der Waals surface area contributed by atoms with Crippen molar-refractivity contribution < 1.29 is 18.8 Å². The summed E-state index contributed by atoms with van der Waals surface area (Å²) in [5, 5.41) is 13.1. The molecule has 0 radical (unpaired) electrons. The van der Waals surface area contributed by atoms with Crippen molar-refractivity contribution in [2.24, 2.45) is 0 Å². The molecular formula is C13H10BrFN2O4S. The number of nitrogens with zero attached hydrogens (tertiary/aromatic N) is 1. The SMILES string of the molecule is O=C(COc1ccc([N+](=O)[O-])c(F)c1)NCc1ccc(Br)s1. The molecule has 0 fully saturated rings. The van der Waals surface area contributed by atoms with Gasteiger partial charge in [0.15, 0.2) is 6.61 Å². The fourth-order valence-corrected chi connectivity index (χ4v) is 2.98. The molecule has 0 bridgehead atoms. The zero-order chi connectivity index (χ0) is 16.1. The van der Waals surface area contributed by atoms with Crippen LogP contribution in [0.3, 0.4) is 0 Å². The highest BCUT2D eigenvalue weighted by molar-refractivity contribution is 9.11. The summed E-state index contributed by atoms with van der Waals surface area (Å²) in [7, 11) is 0. The molecule has 0 saturated carbocycles. The van der Waals surface area contributed by atoms with E-state index in [-0.39, 0.29) is 18.3 Å². The number of ether oxygens (including phenoxy) is 1. The van der Waals surface area contributed by atoms with Crippen LogP contribution < -0.4 is 10.1 Å². The van der Waals surface area contributed by atoms with E-state index in [1.54, 1.807) is 0 Å². The molecule has 0 spiro atoms. The van der Waals surface area contributed by atoms with Crippen LogP contribution in [-0.2, 0) is 11.3 Å². The number of nitro benzene ring substituents is 1. The molecule has 0 saturated heterocycles. The molecule has 1 N–H and O–H groups in total. The lowest BCUT2D eigenvalue weighted by Crippen LogP contribution is -2.28. The van der Waals surface area contributed by atoms with E-state index < -0.39 is 16.4 Å². The van der Waals surface area contributed by atoms with Gasteiger partial charge in [-0.2, -0.15) is 4.39 Å². The van der Waals surface area contributed by atoms with E-state index in [2.05, 4.69) is 21.2 Å². The third-order valence-corrected chi connectivity index (χ3v) is 4.20. The summed E-state index contributed by atoms with van der Waals surface area (Å²) in [5.74, 6) is -1.33. The van der Waals surface area contributed by atoms with Crippen LogP contribution in [0.25, 0.3) is 0 Å². The average molecular weight is 389 g/mol. The first-order valence-electron chi connectivity index (χ1n) is 6.03. The quantitative estimate of drug-likeness (QED) is 0.608. The van der Waals surface area contributed by atoms with Crippen molar-refractivity contribution in [2.45, 2.75) is 6.54 Å². The molecule has 2 rings (SSSR count). The molecule has 0 atom stereocenters. The molecule has 0 unspecified atom stereocenters. The normalized spacial score (nSPS) is 10.3. The van der Waals surface area contributed by atoms with Crippen LogP contribution in [0.2, 0.25) is 0 Å². The number of thiophene rings is 1. The van der Waals surface area contributed by atoms with Gasteiger partial charge in [-0.05, 0) is 34.1 Å². The van der Waals surface area contributed by atoms with Crippen LogP contribution >= 0.6 is 27.3 Å². The van der Waals surface area contributed by atoms with E-state index in [4.69, 9.17) is 4.74 Å². The Hall–Kier alpha value is -2.00. The second-order valence-corrected chi connectivity index (χ2v) is 6.69. The molecule has 0 aliphatic rings. The van der Waals surface area contributed by atoms with E-state index in [0.717, 1.165) is 20.8 Å². The summed E-state index contributed by atoms with van der Waals surface area (Å²) in [6.07, 6.45) is 0. The van der Waals surface area contributed by atoms with Crippen molar-refractivity contribution in [3.8, 4) is 5.75 Å². The highest BCUT2D eigenvalue weighted by Gasteiger charge is 2.14. The predicted octanol–water partition coefficient (Wildman–Crippen LogP) is 3.25. The smallest absolute Gasteiger partial charge is 0.305 e. The minimum Gasteiger partial charge on any atom is -0.484 e. The van der Waals surface area contributed by atoms with E-state index in [1.165, 1.54) is 17.4 Å². The Labute approximate surface area is 137 Å². The molecule has 1 amide bonds. The molecule has 0 aliphatic heterocycles. The number of nitro groups is 1. The molecule has 9 heteroatoms. The number of hydrogen-bond donors (Lipinski definition) is 1. The Kier molecular flexibility index (Phi) is 5.45. The molecule has 1 heterocycles. The van der Waals surface area contributed by atoms with E-state index in [0.29, 0.717) is 6.54 Å². The summed E-state index contributed by atoms with van der Waals surface area (Å²) in [6.45, 7) is 0.0663. The average Bonchev–Trinajstić information content (AvgIpc) is 2.88. The van der Waals surface area contributed by atoms with Gasteiger partial charge in [-0.15, -0.1) is 11.3 Å². The molecule has 6 nitrogen and oxygen atoms in total. The summed E-state index contributed by atoms with van der Waals surface area (Å²) >= 11 is 4.82. The maximum absolute atomic E-state index is 13.4. The lowest BCUT2D eigenvalue weighted by Gasteiger charge is -2.07. The van der Waals surface area contributed by atoms with Crippen LogP contribution in [-0.4, -0.2) is 17.4 Å². The fraction of sp³-hybridized carbons (Fsp3) is 0.154.